The van der Waals surface area contributed by atoms with Gasteiger partial charge in [-0.1, -0.05) is 6.07 Å². The SMILES string of the molecule is CC(O)C(=O)Oc1cc([C@@H](O)CN)ccc1O. The van der Waals surface area contributed by atoms with Crippen molar-refractivity contribution in [3.05, 3.63) is 23.8 Å². The maximum atomic E-state index is 11.1. The van der Waals surface area contributed by atoms with Crippen molar-refractivity contribution in [3.8, 4) is 11.5 Å². The monoisotopic (exact) mass is 241 g/mol. The van der Waals surface area contributed by atoms with E-state index >= 15 is 0 Å². The lowest BCUT2D eigenvalue weighted by Gasteiger charge is -2.12. The second-order valence-electron chi connectivity index (χ2n) is 3.58. The van der Waals surface area contributed by atoms with Crippen molar-refractivity contribution in [2.75, 3.05) is 6.54 Å². The Kier molecular flexibility index (Phi) is 4.45. The quantitative estimate of drug-likeness (QED) is 0.424. The van der Waals surface area contributed by atoms with Gasteiger partial charge in [-0.3, -0.25) is 0 Å². The maximum Gasteiger partial charge on any atom is 0.340 e. The third-order valence-corrected chi connectivity index (χ3v) is 2.14. The number of esters is 1. The molecule has 0 fully saturated rings. The zero-order chi connectivity index (χ0) is 13.0. The molecule has 6 heteroatoms. The number of ether oxygens (including phenoxy) is 1. The summed E-state index contributed by atoms with van der Waals surface area (Å²) in [5.74, 6) is -1.27. The van der Waals surface area contributed by atoms with E-state index < -0.39 is 18.2 Å². The highest BCUT2D eigenvalue weighted by molar-refractivity contribution is 5.77. The van der Waals surface area contributed by atoms with E-state index in [1.54, 1.807) is 0 Å². The van der Waals surface area contributed by atoms with Gasteiger partial charge in [0.15, 0.2) is 11.5 Å². The van der Waals surface area contributed by atoms with Crippen LogP contribution >= 0.6 is 0 Å². The number of nitrogens with two attached hydrogens (primary N) is 1. The number of phenols is 1. The molecule has 1 aromatic carbocycles. The number of carbonyl (C=O) groups excluding carboxylic acids is 1. The molecule has 0 amide bonds. The van der Waals surface area contributed by atoms with Crippen LogP contribution in [0, 0.1) is 0 Å². The molecule has 1 aromatic rings. The molecule has 0 saturated carbocycles. The molecular formula is C11H15NO5. The second kappa shape index (κ2) is 5.62. The van der Waals surface area contributed by atoms with E-state index in [2.05, 4.69) is 0 Å². The molecule has 0 saturated heterocycles. The molecule has 0 bridgehead atoms. The Morgan fingerprint density at radius 2 is 2.12 bits per heavy atom. The van der Waals surface area contributed by atoms with Crippen LogP contribution in [0.3, 0.4) is 0 Å². The van der Waals surface area contributed by atoms with E-state index in [9.17, 15) is 15.0 Å². The molecule has 0 heterocycles. The van der Waals surface area contributed by atoms with E-state index in [0.29, 0.717) is 5.56 Å². The fraction of sp³-hybridized carbons (Fsp3) is 0.364. The summed E-state index contributed by atoms with van der Waals surface area (Å²) in [6.45, 7) is 1.26. The summed E-state index contributed by atoms with van der Waals surface area (Å²) in [6.07, 6.45) is -2.20. The van der Waals surface area contributed by atoms with Gasteiger partial charge in [0.25, 0.3) is 0 Å². The molecule has 17 heavy (non-hydrogen) atoms. The number of hydrogen-bond acceptors (Lipinski definition) is 6. The largest absolute Gasteiger partial charge is 0.504 e. The third-order valence-electron chi connectivity index (χ3n) is 2.14. The number of aliphatic hydroxyl groups excluding tert-OH is 2. The molecule has 0 aliphatic rings. The van der Waals surface area contributed by atoms with Crippen molar-refractivity contribution in [2.24, 2.45) is 5.73 Å². The minimum atomic E-state index is -1.29. The molecule has 0 aliphatic carbocycles. The summed E-state index contributed by atoms with van der Waals surface area (Å²) in [5.41, 5.74) is 5.70. The van der Waals surface area contributed by atoms with Crippen LogP contribution in [0.2, 0.25) is 0 Å². The third kappa shape index (κ3) is 3.42. The standard InChI is InChI=1S/C11H15NO5/c1-6(13)11(16)17-10-4-7(9(15)5-12)2-3-8(10)14/h2-4,6,9,13-15H,5,12H2,1H3/t6?,9-/m0/s1. The van der Waals surface area contributed by atoms with Gasteiger partial charge in [0.2, 0.25) is 0 Å². The van der Waals surface area contributed by atoms with Gasteiger partial charge in [0.05, 0.1) is 6.10 Å². The minimum Gasteiger partial charge on any atom is -0.504 e. The second-order valence-corrected chi connectivity index (χ2v) is 3.58. The zero-order valence-electron chi connectivity index (χ0n) is 9.33. The molecular weight excluding hydrogens is 226 g/mol. The number of rotatable bonds is 4. The number of hydrogen-bond donors (Lipinski definition) is 4. The first-order chi connectivity index (χ1) is 7.95. The number of phenolic OH excluding ortho intramolecular Hbond substituents is 1. The molecule has 0 aliphatic heterocycles. The average molecular weight is 241 g/mol. The van der Waals surface area contributed by atoms with Crippen molar-refractivity contribution in [1.29, 1.82) is 0 Å². The summed E-state index contributed by atoms with van der Waals surface area (Å²) in [7, 11) is 0. The lowest BCUT2D eigenvalue weighted by atomic mass is 10.1. The molecule has 0 radical (unpaired) electrons. The van der Waals surface area contributed by atoms with Crippen LogP contribution in [-0.4, -0.2) is 33.9 Å². The van der Waals surface area contributed by atoms with E-state index in [1.807, 2.05) is 0 Å². The first-order valence-electron chi connectivity index (χ1n) is 5.06. The molecule has 2 atom stereocenters. The van der Waals surface area contributed by atoms with Crippen molar-refractivity contribution >= 4 is 5.97 Å². The van der Waals surface area contributed by atoms with Crippen LogP contribution < -0.4 is 10.5 Å². The lowest BCUT2D eigenvalue weighted by molar-refractivity contribution is -0.142. The van der Waals surface area contributed by atoms with Crippen LogP contribution in [0.15, 0.2) is 18.2 Å². The van der Waals surface area contributed by atoms with E-state index in [4.69, 9.17) is 15.6 Å². The van der Waals surface area contributed by atoms with Crippen LogP contribution in [0.5, 0.6) is 11.5 Å². The van der Waals surface area contributed by atoms with Crippen LogP contribution in [0.25, 0.3) is 0 Å². The molecule has 94 valence electrons. The topological polar surface area (TPSA) is 113 Å². The number of aromatic hydroxyl groups is 1. The summed E-state index contributed by atoms with van der Waals surface area (Å²) < 4.78 is 4.75. The fourth-order valence-electron chi connectivity index (χ4n) is 1.15. The predicted octanol–water partition coefficient (Wildman–Crippen LogP) is -0.330. The van der Waals surface area contributed by atoms with Gasteiger partial charge in [0, 0.05) is 6.54 Å². The first-order valence-corrected chi connectivity index (χ1v) is 5.06. The van der Waals surface area contributed by atoms with Gasteiger partial charge in [-0.25, -0.2) is 4.79 Å². The van der Waals surface area contributed by atoms with E-state index in [1.165, 1.54) is 25.1 Å². The minimum absolute atomic E-state index is 0.00850. The summed E-state index contributed by atoms with van der Waals surface area (Å²) in [5, 5.41) is 27.9. The number of carbonyl (C=O) groups is 1. The van der Waals surface area contributed by atoms with Gasteiger partial charge in [-0.2, -0.15) is 0 Å². The van der Waals surface area contributed by atoms with Gasteiger partial charge in [-0.15, -0.1) is 0 Å². The number of aliphatic hydroxyl groups is 2. The highest BCUT2D eigenvalue weighted by Gasteiger charge is 2.16. The zero-order valence-corrected chi connectivity index (χ0v) is 9.33. The van der Waals surface area contributed by atoms with Crippen molar-refractivity contribution in [1.82, 2.24) is 0 Å². The summed E-state index contributed by atoms with van der Waals surface area (Å²) in [4.78, 5) is 11.1. The van der Waals surface area contributed by atoms with Crippen LogP contribution in [0.1, 0.15) is 18.6 Å². The van der Waals surface area contributed by atoms with Crippen LogP contribution in [0.4, 0.5) is 0 Å². The Labute approximate surface area is 98.3 Å². The average Bonchev–Trinajstić information content (AvgIpc) is 2.30. The molecule has 5 N–H and O–H groups in total. The fourth-order valence-corrected chi connectivity index (χ4v) is 1.15. The van der Waals surface area contributed by atoms with E-state index in [-0.39, 0.29) is 18.0 Å². The smallest absolute Gasteiger partial charge is 0.340 e. The van der Waals surface area contributed by atoms with Crippen molar-refractivity contribution in [2.45, 2.75) is 19.1 Å². The molecule has 6 nitrogen and oxygen atoms in total. The number of benzene rings is 1. The van der Waals surface area contributed by atoms with Crippen molar-refractivity contribution in [3.63, 3.8) is 0 Å². The predicted molar refractivity (Wildman–Crippen MR) is 59.4 cm³/mol. The molecule has 1 unspecified atom stereocenters. The maximum absolute atomic E-state index is 11.1. The van der Waals surface area contributed by atoms with Gasteiger partial charge < -0.3 is 25.8 Å². The first kappa shape index (κ1) is 13.4. The molecule has 1 rings (SSSR count). The lowest BCUT2D eigenvalue weighted by Crippen LogP contribution is -2.22. The molecule has 0 spiro atoms. The summed E-state index contributed by atoms with van der Waals surface area (Å²) in [6, 6.07) is 4.04. The Hall–Kier alpha value is -1.63. The van der Waals surface area contributed by atoms with Gasteiger partial charge in [-0.05, 0) is 24.6 Å². The Balaban J connectivity index is 2.94. The van der Waals surface area contributed by atoms with E-state index in [0.717, 1.165) is 0 Å². The summed E-state index contributed by atoms with van der Waals surface area (Å²) >= 11 is 0. The Morgan fingerprint density at radius 3 is 2.65 bits per heavy atom. The van der Waals surface area contributed by atoms with Gasteiger partial charge >= 0.3 is 5.97 Å². The Bertz CT molecular complexity index is 405. The van der Waals surface area contributed by atoms with Gasteiger partial charge in [0.1, 0.15) is 6.10 Å². The normalized spacial score (nSPS) is 14.1. The highest BCUT2D eigenvalue weighted by atomic mass is 16.6. The highest BCUT2D eigenvalue weighted by Crippen LogP contribution is 2.29. The Morgan fingerprint density at radius 1 is 1.47 bits per heavy atom. The van der Waals surface area contributed by atoms with Crippen molar-refractivity contribution < 1.29 is 24.9 Å². The molecule has 0 aromatic heterocycles. The van der Waals surface area contributed by atoms with Crippen LogP contribution in [-0.2, 0) is 4.79 Å².